The molecular weight excluding hydrogens is 1160 g/mol. The maximum atomic E-state index is 14.0. The molecule has 9 amide bonds. The second-order valence-electron chi connectivity index (χ2n) is 23.6. The molecule has 2 rings (SSSR count). The number of amides is 9. The summed E-state index contributed by atoms with van der Waals surface area (Å²) in [5.41, 5.74) is 0. The predicted molar refractivity (Wildman–Crippen MR) is 333 cm³/mol. The van der Waals surface area contributed by atoms with Crippen LogP contribution < -0.4 is 42.5 Å². The molecule has 0 aromatic carbocycles. The molecule has 0 saturated carbocycles. The van der Waals surface area contributed by atoms with Gasteiger partial charge in [0.15, 0.2) is 6.10 Å². The molecular formula is C58H102B2N12O17. The molecule has 2 saturated heterocycles. The summed E-state index contributed by atoms with van der Waals surface area (Å²) in [5.74, 6) is -8.42. The molecule has 11 N–H and O–H groups in total. The molecule has 29 nitrogen and oxygen atoms in total. The summed E-state index contributed by atoms with van der Waals surface area (Å²) in [7, 11) is -1.81. The maximum Gasteiger partial charge on any atom is 0.376 e. The fraction of sp³-hybridized carbons (Fsp3) is 0.724. The Balaban J connectivity index is 0.000000890. The number of nitrogens with one attached hydrogen (secondary N) is 8. The molecule has 2 aliphatic heterocycles. The number of rotatable bonds is 35. The van der Waals surface area contributed by atoms with Crippen LogP contribution in [0.25, 0.3) is 0 Å². The topological polar surface area (TPSA) is 393 Å². The fourth-order valence-electron chi connectivity index (χ4n) is 9.68. The van der Waals surface area contributed by atoms with E-state index >= 15 is 0 Å². The van der Waals surface area contributed by atoms with Gasteiger partial charge in [-0.05, 0) is 50.2 Å². The van der Waals surface area contributed by atoms with Gasteiger partial charge in [-0.3, -0.25) is 57.5 Å². The zero-order valence-corrected chi connectivity index (χ0v) is 54.7. The first kappa shape index (κ1) is 80.2. The molecule has 89 heavy (non-hydrogen) atoms. The Labute approximate surface area is 525 Å². The van der Waals surface area contributed by atoms with Gasteiger partial charge in [-0.15, -0.1) is 0 Å². The van der Waals surface area contributed by atoms with E-state index in [0.717, 1.165) is 0 Å². The summed E-state index contributed by atoms with van der Waals surface area (Å²) in [4.78, 5) is 160. The minimum absolute atomic E-state index is 0.0212. The normalized spacial score (nSPS) is 17.6. The van der Waals surface area contributed by atoms with Crippen molar-refractivity contribution >= 4 is 85.0 Å². The lowest BCUT2D eigenvalue weighted by molar-refractivity contribution is -0.148. The van der Waals surface area contributed by atoms with Gasteiger partial charge >= 0.3 is 26.0 Å². The smallest absolute Gasteiger partial charge is 0.376 e. The number of hydrogen-bond acceptors (Lipinski definition) is 20. The number of aliphatic hydroxyl groups excluding tert-OH is 1. The summed E-state index contributed by atoms with van der Waals surface area (Å²) in [5, 5.41) is 52.6. The lowest BCUT2D eigenvalue weighted by atomic mass is 9.83. The minimum atomic E-state index is -1.67. The summed E-state index contributed by atoms with van der Waals surface area (Å²) < 4.78 is 9.60. The second-order valence-corrected chi connectivity index (χ2v) is 23.6. The Bertz CT molecular complexity index is 2400. The molecule has 0 spiro atoms. The number of Topliss-reactive ketones (excluding diaryl/α,β-unsaturated/α-hetero) is 1. The van der Waals surface area contributed by atoms with Crippen molar-refractivity contribution in [2.24, 2.45) is 23.7 Å². The SMILES string of the molecule is C=CCOC(=O)CNC(=O)C(=O)C(CCC)NC(=O)C1CN(B(C)O)CCN1C(=O)[C@@H](NC(=O)[C@@H](NC(C)=O)C(C)C)C(C)C.C=CCOC(=O)CNC(=O)C(O)C(CCC)NC(=O)C1CN(B(C)O)CCN1C(=O)[C@@H](NC[C@@H](NC(C)=O)C(C)C)C(C)C. The van der Waals surface area contributed by atoms with Crippen molar-refractivity contribution in [1.29, 1.82) is 0 Å². The van der Waals surface area contributed by atoms with Crippen molar-refractivity contribution in [2.45, 2.75) is 177 Å². The Kier molecular flexibility index (Phi) is 36.7. The number of hydrogen-bond donors (Lipinski definition) is 11. The van der Waals surface area contributed by atoms with Crippen LogP contribution in [0, 0.1) is 23.7 Å². The van der Waals surface area contributed by atoms with Crippen molar-refractivity contribution in [3.8, 4) is 0 Å². The number of piperazine rings is 2. The van der Waals surface area contributed by atoms with Crippen molar-refractivity contribution < 1.29 is 82.2 Å². The molecule has 2 aliphatic rings. The van der Waals surface area contributed by atoms with Crippen molar-refractivity contribution in [3.05, 3.63) is 25.3 Å². The van der Waals surface area contributed by atoms with Crippen LogP contribution in [0.3, 0.4) is 0 Å². The van der Waals surface area contributed by atoms with Crippen LogP contribution in [0.15, 0.2) is 25.3 Å². The summed E-state index contributed by atoms with van der Waals surface area (Å²) in [6.45, 7) is 30.9. The average molecular weight is 1260 g/mol. The molecule has 31 heteroatoms. The number of ether oxygens (including phenoxy) is 2. The van der Waals surface area contributed by atoms with Gasteiger partial charge in [-0.25, -0.2) is 0 Å². The highest BCUT2D eigenvalue weighted by Gasteiger charge is 2.44. The van der Waals surface area contributed by atoms with Crippen LogP contribution in [0.4, 0.5) is 0 Å². The van der Waals surface area contributed by atoms with Crippen LogP contribution in [0.1, 0.15) is 109 Å². The van der Waals surface area contributed by atoms with E-state index in [1.54, 1.807) is 51.1 Å². The summed E-state index contributed by atoms with van der Waals surface area (Å²) in [6.07, 6.45) is 2.36. The van der Waals surface area contributed by atoms with Crippen LogP contribution in [-0.4, -0.2) is 246 Å². The Morgan fingerprint density at radius 1 is 0.562 bits per heavy atom. The second kappa shape index (κ2) is 40.8. The number of nitrogens with zero attached hydrogens (tertiary/aromatic N) is 4. The van der Waals surface area contributed by atoms with E-state index in [0.29, 0.717) is 25.9 Å². The van der Waals surface area contributed by atoms with E-state index in [9.17, 15) is 72.7 Å². The van der Waals surface area contributed by atoms with Crippen LogP contribution in [0.5, 0.6) is 0 Å². The molecule has 5 unspecified atom stereocenters. The molecule has 0 aliphatic carbocycles. The number of ketones is 1. The van der Waals surface area contributed by atoms with Gasteiger partial charge in [0.25, 0.3) is 11.8 Å². The zero-order chi connectivity index (χ0) is 68.0. The van der Waals surface area contributed by atoms with Crippen LogP contribution in [-0.2, 0) is 67.0 Å². The Morgan fingerprint density at radius 3 is 1.43 bits per heavy atom. The molecule has 502 valence electrons. The number of aliphatic hydroxyl groups is 1. The third-order valence-electron chi connectivity index (χ3n) is 14.8. The third-order valence-corrected chi connectivity index (χ3v) is 14.8. The van der Waals surface area contributed by atoms with Gasteiger partial charge in [0, 0.05) is 65.7 Å². The highest BCUT2D eigenvalue weighted by molar-refractivity contribution is 6.45. The average Bonchev–Trinajstić information content (AvgIpc) is 3.02. The molecule has 2 fully saturated rings. The number of carbonyl (C=O) groups excluding carboxylic acids is 12. The summed E-state index contributed by atoms with van der Waals surface area (Å²) >= 11 is 0. The largest absolute Gasteiger partial charge is 0.460 e. The first-order valence-electron chi connectivity index (χ1n) is 30.6. The number of carbonyl (C=O) groups is 12. The summed E-state index contributed by atoms with van der Waals surface area (Å²) in [6, 6.07) is -7.28. The molecule has 9 atom stereocenters. The number of esters is 2. The third kappa shape index (κ3) is 27.5. The van der Waals surface area contributed by atoms with Crippen LogP contribution >= 0.6 is 0 Å². The first-order valence-corrected chi connectivity index (χ1v) is 30.6. The van der Waals surface area contributed by atoms with E-state index in [-0.39, 0.29) is 94.4 Å². The monoisotopic (exact) mass is 1260 g/mol. The molecule has 0 bridgehead atoms. The molecule has 0 aromatic rings. The van der Waals surface area contributed by atoms with Crippen molar-refractivity contribution in [1.82, 2.24) is 62.0 Å². The highest BCUT2D eigenvalue weighted by Crippen LogP contribution is 2.20. The van der Waals surface area contributed by atoms with E-state index in [2.05, 4.69) is 55.7 Å². The lowest BCUT2D eigenvalue weighted by Gasteiger charge is -2.43. The van der Waals surface area contributed by atoms with Gasteiger partial charge in [-0.1, -0.05) is 107 Å². The molecule has 0 radical (unpaired) electrons. The zero-order valence-electron chi connectivity index (χ0n) is 54.7. The van der Waals surface area contributed by atoms with E-state index in [4.69, 9.17) is 9.47 Å². The van der Waals surface area contributed by atoms with Crippen molar-refractivity contribution in [3.63, 3.8) is 0 Å². The fourth-order valence-corrected chi connectivity index (χ4v) is 9.68. The Morgan fingerprint density at radius 2 is 1.01 bits per heavy atom. The predicted octanol–water partition coefficient (Wildman–Crippen LogP) is -2.51. The van der Waals surface area contributed by atoms with Gasteiger partial charge in [-0.2, -0.15) is 0 Å². The van der Waals surface area contributed by atoms with E-state index in [1.807, 2.05) is 34.6 Å². The maximum absolute atomic E-state index is 14.0. The van der Waals surface area contributed by atoms with E-state index < -0.39 is 141 Å². The van der Waals surface area contributed by atoms with Gasteiger partial charge in [0.2, 0.25) is 47.1 Å². The van der Waals surface area contributed by atoms with Crippen molar-refractivity contribution in [2.75, 3.05) is 72.1 Å². The van der Waals surface area contributed by atoms with Gasteiger partial charge < -0.3 is 86.6 Å². The highest BCUT2D eigenvalue weighted by atomic mass is 16.5. The van der Waals surface area contributed by atoms with Gasteiger partial charge in [0.05, 0.1) is 18.1 Å². The quantitative estimate of drug-likeness (QED) is 0.0135. The molecule has 2 heterocycles. The minimum Gasteiger partial charge on any atom is -0.460 e. The van der Waals surface area contributed by atoms with Gasteiger partial charge in [0.1, 0.15) is 50.5 Å². The van der Waals surface area contributed by atoms with Crippen LogP contribution in [0.2, 0.25) is 13.6 Å². The Hall–Kier alpha value is -6.79. The lowest BCUT2D eigenvalue weighted by Crippen LogP contribution is -2.67. The van der Waals surface area contributed by atoms with E-state index in [1.165, 1.54) is 42.6 Å². The first-order chi connectivity index (χ1) is 41.7. The standard InChI is InChI=1S/C29H49BN6O9.C29H53BN6O8/c1-9-11-20(25(39)28(42)31-15-22(38)45-14-10-2)33-26(40)21-16-35(30(8)44)12-13-36(21)29(43)24(18(5)6)34-27(41)23(17(3)4)32-19(7)37;1-9-11-21(26(39)28(41)32-16-24(38)44-14-10-2)34-27(40)23-17-35(30(8)43)12-13-36(23)29(42)25(19(5)6)31-15-22(18(3)4)33-20(7)37/h10,17-18,20-21,23-24,44H,2,9,11-16H2,1,3-8H3,(H,31,42)(H,32,37)(H,33,40)(H,34,41);10,18-19,21-23,25-26,31,39,43H,2,9,11-17H2,1,3-8H3,(H,32,41)(H,33,37)(H,34,40)/t20?,21?,23-,24-;21?,22-,23?,25+,26?/m01/s1. The molecule has 0 aromatic heterocycles.